The molecule has 182 valence electrons. The monoisotopic (exact) mass is 446 g/mol. The molecule has 0 aliphatic heterocycles. The van der Waals surface area contributed by atoms with Gasteiger partial charge in [0.1, 0.15) is 0 Å². The highest BCUT2D eigenvalue weighted by Gasteiger charge is 2.50. The van der Waals surface area contributed by atoms with Gasteiger partial charge >= 0.3 is 0 Å². The molecule has 0 heterocycles. The molecule has 3 saturated carbocycles. The molecule has 0 aromatic heterocycles. The maximum Gasteiger partial charge on any atom is 0.0862 e. The molecule has 0 aromatic rings. The number of rotatable bonds is 7. The fraction of sp³-hybridized carbons (Fsp3) is 0.786. The van der Waals surface area contributed by atoms with Crippen molar-refractivity contribution in [2.24, 2.45) is 29.1 Å². The van der Waals surface area contributed by atoms with E-state index in [1.54, 1.807) is 0 Å². The van der Waals surface area contributed by atoms with Crippen LogP contribution < -0.4 is 0 Å². The first-order valence-electron chi connectivity index (χ1n) is 12.8. The summed E-state index contributed by atoms with van der Waals surface area (Å²) in [6, 6.07) is 0. The second kappa shape index (κ2) is 10.1. The maximum absolute atomic E-state index is 10.4. The first-order chi connectivity index (χ1) is 15.0. The summed E-state index contributed by atoms with van der Waals surface area (Å²) in [5.41, 5.74) is 2.82. The highest BCUT2D eigenvalue weighted by atomic mass is 16.3. The molecule has 0 spiro atoms. The first-order valence-corrected chi connectivity index (χ1v) is 12.8. The lowest BCUT2D eigenvalue weighted by Crippen LogP contribution is -2.40. The average Bonchev–Trinajstić information content (AvgIpc) is 3.06. The SMILES string of the molecule is C=C1/C(=C\C=C2CCC[C@@]3(C)C2CC[C@@H]3[C@H](C)CCCC(C)(C)O)C[C@@H](O)[C@@H](CO)[C@H]1O. The lowest BCUT2D eigenvalue weighted by molar-refractivity contribution is -0.0105. The molecule has 32 heavy (non-hydrogen) atoms. The third kappa shape index (κ3) is 5.41. The molecule has 0 saturated heterocycles. The standard InChI is InChI=1S/C28H46O4/c1-18(8-6-14-27(3,4)32)23-12-13-24-20(9-7-15-28(23,24)5)10-11-21-16-25(30)22(17-29)26(31)19(21)2/h10-11,18,22-26,29-32H,2,6-9,12-17H2,1,3-5H3/b20-10?,21-11-/t18-,22-,23-,24?,25-,26+,28-/m1/s1. The van der Waals surface area contributed by atoms with Gasteiger partial charge in [-0.3, -0.25) is 0 Å². The average molecular weight is 447 g/mol. The fourth-order valence-electron chi connectivity index (χ4n) is 7.04. The number of allylic oxidation sites excluding steroid dienone is 3. The van der Waals surface area contributed by atoms with Gasteiger partial charge in [-0.05, 0) is 93.1 Å². The molecule has 0 radical (unpaired) electrons. The van der Waals surface area contributed by atoms with E-state index in [4.69, 9.17) is 0 Å². The van der Waals surface area contributed by atoms with Crippen molar-refractivity contribution >= 4 is 0 Å². The Hall–Kier alpha value is -0.940. The van der Waals surface area contributed by atoms with E-state index in [2.05, 4.69) is 32.6 Å². The molecule has 3 fully saturated rings. The third-order valence-electron chi connectivity index (χ3n) is 8.98. The zero-order chi connectivity index (χ0) is 23.7. The molecule has 3 aliphatic carbocycles. The number of aliphatic hydroxyl groups is 4. The second-order valence-electron chi connectivity index (χ2n) is 11.8. The molecule has 7 atom stereocenters. The summed E-state index contributed by atoms with van der Waals surface area (Å²) in [5.74, 6) is 1.46. The predicted octanol–water partition coefficient (Wildman–Crippen LogP) is 4.92. The number of hydrogen-bond donors (Lipinski definition) is 4. The van der Waals surface area contributed by atoms with Crippen LogP contribution >= 0.6 is 0 Å². The molecule has 0 bridgehead atoms. The van der Waals surface area contributed by atoms with Gasteiger partial charge < -0.3 is 20.4 Å². The van der Waals surface area contributed by atoms with Crippen LogP contribution in [0.25, 0.3) is 0 Å². The Morgan fingerprint density at radius 3 is 2.59 bits per heavy atom. The highest BCUT2D eigenvalue weighted by Crippen LogP contribution is 2.60. The molecule has 4 N–H and O–H groups in total. The van der Waals surface area contributed by atoms with E-state index >= 15 is 0 Å². The van der Waals surface area contributed by atoms with Crippen molar-refractivity contribution in [3.8, 4) is 0 Å². The highest BCUT2D eigenvalue weighted by molar-refractivity contribution is 5.39. The zero-order valence-electron chi connectivity index (χ0n) is 20.7. The summed E-state index contributed by atoms with van der Waals surface area (Å²) in [4.78, 5) is 0. The van der Waals surface area contributed by atoms with Crippen LogP contribution in [0.1, 0.15) is 85.5 Å². The van der Waals surface area contributed by atoms with E-state index in [0.29, 0.717) is 29.2 Å². The van der Waals surface area contributed by atoms with E-state index in [1.807, 2.05) is 13.8 Å². The van der Waals surface area contributed by atoms with E-state index < -0.39 is 23.7 Å². The van der Waals surface area contributed by atoms with Crippen LogP contribution in [-0.4, -0.2) is 44.8 Å². The summed E-state index contributed by atoms with van der Waals surface area (Å²) < 4.78 is 0. The van der Waals surface area contributed by atoms with Gasteiger partial charge in [-0.15, -0.1) is 0 Å². The van der Waals surface area contributed by atoms with Crippen molar-refractivity contribution in [3.63, 3.8) is 0 Å². The Labute approximate surface area is 195 Å². The molecule has 4 heteroatoms. The quantitative estimate of drug-likeness (QED) is 0.447. The van der Waals surface area contributed by atoms with Gasteiger partial charge in [0, 0.05) is 5.92 Å². The zero-order valence-corrected chi connectivity index (χ0v) is 20.7. The Morgan fingerprint density at radius 1 is 1.22 bits per heavy atom. The Balaban J connectivity index is 1.71. The van der Waals surface area contributed by atoms with Gasteiger partial charge in [-0.2, -0.15) is 0 Å². The van der Waals surface area contributed by atoms with Crippen LogP contribution in [0.4, 0.5) is 0 Å². The maximum atomic E-state index is 10.4. The minimum atomic E-state index is -0.884. The van der Waals surface area contributed by atoms with Crippen molar-refractivity contribution in [3.05, 3.63) is 35.5 Å². The van der Waals surface area contributed by atoms with E-state index in [-0.39, 0.29) is 6.61 Å². The molecular formula is C28H46O4. The van der Waals surface area contributed by atoms with Crippen LogP contribution in [0.2, 0.25) is 0 Å². The van der Waals surface area contributed by atoms with Crippen molar-refractivity contribution in [2.45, 2.75) is 103 Å². The van der Waals surface area contributed by atoms with Crippen molar-refractivity contribution in [1.29, 1.82) is 0 Å². The third-order valence-corrected chi connectivity index (χ3v) is 8.98. The van der Waals surface area contributed by atoms with Crippen molar-refractivity contribution in [1.82, 2.24) is 0 Å². The summed E-state index contributed by atoms with van der Waals surface area (Å²) in [6.07, 6.45) is 12.4. The van der Waals surface area contributed by atoms with Crippen molar-refractivity contribution < 1.29 is 20.4 Å². The van der Waals surface area contributed by atoms with Gasteiger partial charge in [-0.1, -0.05) is 51.0 Å². The normalized spacial score (nSPS) is 39.5. The topological polar surface area (TPSA) is 80.9 Å². The van der Waals surface area contributed by atoms with Crippen LogP contribution in [0.3, 0.4) is 0 Å². The number of fused-ring (bicyclic) bond motifs is 1. The molecule has 3 rings (SSSR count). The lowest BCUT2D eigenvalue weighted by atomic mass is 9.60. The smallest absolute Gasteiger partial charge is 0.0862 e. The Bertz CT molecular complexity index is 730. The van der Waals surface area contributed by atoms with Crippen LogP contribution in [-0.2, 0) is 0 Å². The first kappa shape index (κ1) is 25.7. The Kier molecular flexibility index (Phi) is 8.13. The molecule has 1 unspecified atom stereocenters. The van der Waals surface area contributed by atoms with Gasteiger partial charge in [0.15, 0.2) is 0 Å². The minimum Gasteiger partial charge on any atom is -0.396 e. The lowest BCUT2D eigenvalue weighted by Gasteiger charge is -2.44. The van der Waals surface area contributed by atoms with Crippen molar-refractivity contribution in [2.75, 3.05) is 6.61 Å². The number of aliphatic hydroxyl groups excluding tert-OH is 3. The summed E-state index contributed by atoms with van der Waals surface area (Å²) in [7, 11) is 0. The second-order valence-corrected chi connectivity index (χ2v) is 11.8. The van der Waals surface area contributed by atoms with Crippen LogP contribution in [0, 0.1) is 29.1 Å². The molecule has 3 aliphatic rings. The summed E-state index contributed by atoms with van der Waals surface area (Å²) in [6.45, 7) is 12.5. The Morgan fingerprint density at radius 2 is 1.94 bits per heavy atom. The van der Waals surface area contributed by atoms with Gasteiger partial charge in [-0.25, -0.2) is 0 Å². The minimum absolute atomic E-state index is 0.231. The fourth-order valence-corrected chi connectivity index (χ4v) is 7.04. The van der Waals surface area contributed by atoms with Crippen LogP contribution in [0.15, 0.2) is 35.5 Å². The summed E-state index contributed by atoms with van der Waals surface area (Å²) >= 11 is 0. The predicted molar refractivity (Wildman–Crippen MR) is 130 cm³/mol. The summed E-state index contributed by atoms with van der Waals surface area (Å²) in [5, 5.41) is 40.3. The van der Waals surface area contributed by atoms with E-state index in [1.165, 1.54) is 37.7 Å². The molecule has 0 amide bonds. The number of hydrogen-bond acceptors (Lipinski definition) is 4. The molecular weight excluding hydrogens is 400 g/mol. The van der Waals surface area contributed by atoms with Crippen LogP contribution in [0.5, 0.6) is 0 Å². The van der Waals surface area contributed by atoms with Gasteiger partial charge in [0.05, 0.1) is 24.4 Å². The van der Waals surface area contributed by atoms with E-state index in [9.17, 15) is 20.4 Å². The largest absolute Gasteiger partial charge is 0.396 e. The van der Waals surface area contributed by atoms with E-state index in [0.717, 1.165) is 30.8 Å². The molecule has 0 aromatic carbocycles. The van der Waals surface area contributed by atoms with Gasteiger partial charge in [0.25, 0.3) is 0 Å². The van der Waals surface area contributed by atoms with Gasteiger partial charge in [0.2, 0.25) is 0 Å². The molecule has 4 nitrogen and oxygen atoms in total.